The molecule has 0 heterocycles. The maximum absolute atomic E-state index is 5.84. The Hall–Kier alpha value is 0.310. The highest BCUT2D eigenvalue weighted by Gasteiger charge is 2.27. The van der Waals surface area contributed by atoms with Crippen molar-refractivity contribution in [1.29, 1.82) is 0 Å². The Morgan fingerprint density at radius 2 is 1.85 bits per heavy atom. The Balaban J connectivity index is 2.42. The molecule has 0 saturated heterocycles. The van der Waals surface area contributed by atoms with E-state index in [1.54, 1.807) is 0 Å². The lowest BCUT2D eigenvalue weighted by atomic mass is 10.0. The van der Waals surface area contributed by atoms with Crippen LogP contribution in [-0.2, 0) is 0 Å². The third kappa shape index (κ3) is 3.90. The number of thioether (sulfide) groups is 1. The van der Waals surface area contributed by atoms with Crippen LogP contribution in [0.4, 0.5) is 0 Å². The maximum Gasteiger partial charge on any atom is 0.0203 e. The van der Waals surface area contributed by atoms with Crippen molar-refractivity contribution >= 4 is 11.8 Å². The monoisotopic (exact) mass is 201 g/mol. The smallest absolute Gasteiger partial charge is 0.0203 e. The molecule has 1 fully saturated rings. The van der Waals surface area contributed by atoms with Gasteiger partial charge < -0.3 is 5.73 Å². The minimum atomic E-state index is 0.368. The van der Waals surface area contributed by atoms with Gasteiger partial charge in [0.25, 0.3) is 0 Å². The second-order valence-electron chi connectivity index (χ2n) is 5.05. The van der Waals surface area contributed by atoms with Crippen LogP contribution in [0.1, 0.15) is 46.5 Å². The van der Waals surface area contributed by atoms with Gasteiger partial charge in [0, 0.05) is 16.5 Å². The van der Waals surface area contributed by atoms with Crippen LogP contribution in [0, 0.1) is 5.92 Å². The van der Waals surface area contributed by atoms with Crippen molar-refractivity contribution in [3.8, 4) is 0 Å². The van der Waals surface area contributed by atoms with Crippen molar-refractivity contribution in [3.05, 3.63) is 0 Å². The summed E-state index contributed by atoms with van der Waals surface area (Å²) >= 11 is 2.07. The van der Waals surface area contributed by atoms with E-state index in [1.807, 2.05) is 0 Å². The summed E-state index contributed by atoms with van der Waals surface area (Å²) in [5.41, 5.74) is 5.84. The summed E-state index contributed by atoms with van der Waals surface area (Å²) in [4.78, 5) is 0. The summed E-state index contributed by atoms with van der Waals surface area (Å²) in [5, 5.41) is 0.697. The van der Waals surface area contributed by atoms with Crippen LogP contribution < -0.4 is 5.73 Å². The minimum absolute atomic E-state index is 0.368. The Kier molecular flexibility index (Phi) is 4.11. The predicted octanol–water partition coefficient (Wildman–Crippen LogP) is 3.04. The van der Waals surface area contributed by atoms with Gasteiger partial charge in [-0.25, -0.2) is 0 Å². The average molecular weight is 201 g/mol. The van der Waals surface area contributed by atoms with E-state index in [-0.39, 0.29) is 0 Å². The van der Waals surface area contributed by atoms with Crippen molar-refractivity contribution in [3.63, 3.8) is 0 Å². The Bertz CT molecular complexity index is 145. The first-order valence-corrected chi connectivity index (χ1v) is 6.29. The lowest BCUT2D eigenvalue weighted by Gasteiger charge is -2.28. The first-order valence-electron chi connectivity index (χ1n) is 5.41. The molecule has 0 aromatic carbocycles. The first-order chi connectivity index (χ1) is 6.03. The van der Waals surface area contributed by atoms with Crippen molar-refractivity contribution in [2.75, 3.05) is 6.54 Å². The Morgan fingerprint density at radius 3 is 2.23 bits per heavy atom. The van der Waals surface area contributed by atoms with E-state index < -0.39 is 0 Å². The molecule has 78 valence electrons. The number of hydrogen-bond acceptors (Lipinski definition) is 2. The van der Waals surface area contributed by atoms with Gasteiger partial charge in [-0.15, -0.1) is 0 Å². The molecule has 1 rings (SSSR count). The normalized spacial score (nSPS) is 22.2. The number of rotatable bonds is 3. The molecule has 0 aliphatic heterocycles. The standard InChI is InChI=1S/C11H23NS/c1-11(2,3)13-10(8-12)9-6-4-5-7-9/h9-10H,4-8,12H2,1-3H3. The highest BCUT2D eigenvalue weighted by atomic mass is 32.2. The highest BCUT2D eigenvalue weighted by molar-refractivity contribution is 8.01. The molecule has 1 nitrogen and oxygen atoms in total. The quantitative estimate of drug-likeness (QED) is 0.759. The van der Waals surface area contributed by atoms with Gasteiger partial charge in [-0.05, 0) is 18.8 Å². The molecule has 1 unspecified atom stereocenters. The van der Waals surface area contributed by atoms with E-state index in [2.05, 4.69) is 32.5 Å². The van der Waals surface area contributed by atoms with E-state index in [9.17, 15) is 0 Å². The molecule has 0 aromatic rings. The zero-order valence-corrected chi connectivity index (χ0v) is 9.99. The molecule has 0 aromatic heterocycles. The van der Waals surface area contributed by atoms with Gasteiger partial charge >= 0.3 is 0 Å². The molecule has 2 heteroatoms. The molecule has 13 heavy (non-hydrogen) atoms. The molecule has 1 aliphatic carbocycles. The van der Waals surface area contributed by atoms with Crippen molar-refractivity contribution in [1.82, 2.24) is 0 Å². The predicted molar refractivity (Wildman–Crippen MR) is 62.1 cm³/mol. The van der Waals surface area contributed by atoms with Gasteiger partial charge in [-0.1, -0.05) is 33.6 Å². The van der Waals surface area contributed by atoms with Crippen LogP contribution in [0.2, 0.25) is 0 Å². The molecule has 0 radical (unpaired) electrons. The maximum atomic E-state index is 5.84. The molecule has 1 saturated carbocycles. The molecule has 2 N–H and O–H groups in total. The second-order valence-corrected chi connectivity index (χ2v) is 7.11. The average Bonchev–Trinajstić information content (AvgIpc) is 2.50. The summed E-state index contributed by atoms with van der Waals surface area (Å²) in [6.45, 7) is 7.71. The van der Waals surface area contributed by atoms with Gasteiger partial charge in [0.15, 0.2) is 0 Å². The zero-order chi connectivity index (χ0) is 9.90. The summed E-state index contributed by atoms with van der Waals surface area (Å²) < 4.78 is 0.368. The van der Waals surface area contributed by atoms with Gasteiger partial charge in [0.1, 0.15) is 0 Å². The molecule has 0 amide bonds. The van der Waals surface area contributed by atoms with E-state index in [4.69, 9.17) is 5.73 Å². The van der Waals surface area contributed by atoms with Gasteiger partial charge in [-0.2, -0.15) is 11.8 Å². The fourth-order valence-corrected chi connectivity index (χ4v) is 3.59. The van der Waals surface area contributed by atoms with Crippen molar-refractivity contribution < 1.29 is 0 Å². The van der Waals surface area contributed by atoms with E-state index in [0.717, 1.165) is 12.5 Å². The lowest BCUT2D eigenvalue weighted by molar-refractivity contribution is 0.521. The Morgan fingerprint density at radius 1 is 1.31 bits per heavy atom. The summed E-state index contributed by atoms with van der Waals surface area (Å²) in [6.07, 6.45) is 5.66. The molecule has 1 aliphatic rings. The Labute approximate surface area is 86.8 Å². The number of hydrogen-bond donors (Lipinski definition) is 1. The van der Waals surface area contributed by atoms with Crippen LogP contribution >= 0.6 is 11.8 Å². The van der Waals surface area contributed by atoms with Crippen LogP contribution in [0.25, 0.3) is 0 Å². The van der Waals surface area contributed by atoms with Crippen LogP contribution in [-0.4, -0.2) is 16.5 Å². The van der Waals surface area contributed by atoms with Crippen LogP contribution in [0.15, 0.2) is 0 Å². The van der Waals surface area contributed by atoms with Crippen LogP contribution in [0.5, 0.6) is 0 Å². The van der Waals surface area contributed by atoms with Crippen molar-refractivity contribution in [2.24, 2.45) is 11.7 Å². The molecular weight excluding hydrogens is 178 g/mol. The second kappa shape index (κ2) is 4.70. The highest BCUT2D eigenvalue weighted by Crippen LogP contribution is 2.38. The fraction of sp³-hybridized carbons (Fsp3) is 1.00. The third-order valence-corrected chi connectivity index (χ3v) is 4.25. The number of nitrogens with two attached hydrogens (primary N) is 1. The van der Waals surface area contributed by atoms with Gasteiger partial charge in [0.2, 0.25) is 0 Å². The van der Waals surface area contributed by atoms with Crippen molar-refractivity contribution in [2.45, 2.75) is 56.5 Å². The zero-order valence-electron chi connectivity index (χ0n) is 9.18. The summed E-state index contributed by atoms with van der Waals surface area (Å²) in [7, 11) is 0. The van der Waals surface area contributed by atoms with E-state index in [1.165, 1.54) is 25.7 Å². The van der Waals surface area contributed by atoms with Gasteiger partial charge in [0.05, 0.1) is 0 Å². The van der Waals surface area contributed by atoms with E-state index in [0.29, 0.717) is 10.00 Å². The fourth-order valence-electron chi connectivity index (χ4n) is 2.12. The molecule has 0 spiro atoms. The summed E-state index contributed by atoms with van der Waals surface area (Å²) in [5.74, 6) is 0.897. The van der Waals surface area contributed by atoms with Crippen LogP contribution in [0.3, 0.4) is 0 Å². The molecule has 1 atom stereocenters. The summed E-state index contributed by atoms with van der Waals surface area (Å²) in [6, 6.07) is 0. The molecular formula is C11H23NS. The minimum Gasteiger partial charge on any atom is -0.329 e. The van der Waals surface area contributed by atoms with Gasteiger partial charge in [-0.3, -0.25) is 0 Å². The first kappa shape index (κ1) is 11.4. The largest absolute Gasteiger partial charge is 0.329 e. The SMILES string of the molecule is CC(C)(C)SC(CN)C1CCCC1. The third-order valence-electron chi connectivity index (χ3n) is 2.66. The van der Waals surface area contributed by atoms with E-state index >= 15 is 0 Å². The topological polar surface area (TPSA) is 26.0 Å². The lowest BCUT2D eigenvalue weighted by Crippen LogP contribution is -2.29. The molecule has 0 bridgehead atoms.